The number of hydrogen-bond acceptors (Lipinski definition) is 3. The minimum absolute atomic E-state index is 0.0120. The van der Waals surface area contributed by atoms with Crippen molar-refractivity contribution in [1.82, 2.24) is 9.88 Å². The standard InChI is InChI=1S/C13H15ClF2N2O2/c1-3-12(2)11(20)13(15,16)7-18(12)10(19)8-5-4-6-9(14)17-8/h4-6,11,20H,3,7H2,1-2H3/t11-,12+/m0/s1. The Bertz CT molecular complexity index is 541. The van der Waals surface area contributed by atoms with Crippen LogP contribution < -0.4 is 0 Å². The second-order valence-electron chi connectivity index (χ2n) is 5.11. The summed E-state index contributed by atoms with van der Waals surface area (Å²) in [5, 5.41) is 9.92. The van der Waals surface area contributed by atoms with E-state index < -0.39 is 30.0 Å². The molecule has 2 rings (SSSR count). The minimum atomic E-state index is -3.33. The Hall–Kier alpha value is -1.27. The van der Waals surface area contributed by atoms with Gasteiger partial charge in [0.05, 0.1) is 12.1 Å². The van der Waals surface area contributed by atoms with Crippen LogP contribution in [0.3, 0.4) is 0 Å². The van der Waals surface area contributed by atoms with Crippen molar-refractivity contribution in [2.24, 2.45) is 0 Å². The molecule has 4 nitrogen and oxygen atoms in total. The van der Waals surface area contributed by atoms with Gasteiger partial charge >= 0.3 is 0 Å². The molecule has 1 fully saturated rings. The third-order valence-corrected chi connectivity index (χ3v) is 4.08. The van der Waals surface area contributed by atoms with Gasteiger partial charge in [0.15, 0.2) is 0 Å². The lowest BCUT2D eigenvalue weighted by molar-refractivity contribution is -0.0946. The van der Waals surface area contributed by atoms with Crippen molar-refractivity contribution >= 4 is 17.5 Å². The van der Waals surface area contributed by atoms with Crippen LogP contribution in [-0.4, -0.2) is 45.0 Å². The molecule has 110 valence electrons. The van der Waals surface area contributed by atoms with Gasteiger partial charge in [0.2, 0.25) is 0 Å². The van der Waals surface area contributed by atoms with Crippen molar-refractivity contribution in [3.63, 3.8) is 0 Å². The highest BCUT2D eigenvalue weighted by Crippen LogP contribution is 2.42. The molecule has 7 heteroatoms. The molecule has 20 heavy (non-hydrogen) atoms. The summed E-state index contributed by atoms with van der Waals surface area (Å²) in [6, 6.07) is 4.43. The van der Waals surface area contributed by atoms with E-state index in [1.54, 1.807) is 6.92 Å². The highest BCUT2D eigenvalue weighted by molar-refractivity contribution is 6.29. The fourth-order valence-corrected chi connectivity index (χ4v) is 2.60. The lowest BCUT2D eigenvalue weighted by Crippen LogP contribution is -2.51. The number of hydrogen-bond donors (Lipinski definition) is 1. The number of rotatable bonds is 2. The number of carbonyl (C=O) groups is 1. The number of alkyl halides is 2. The van der Waals surface area contributed by atoms with Crippen LogP contribution >= 0.6 is 11.6 Å². The Kier molecular flexibility index (Phi) is 3.73. The fourth-order valence-electron chi connectivity index (χ4n) is 2.43. The molecule has 1 aliphatic heterocycles. The van der Waals surface area contributed by atoms with Crippen molar-refractivity contribution < 1.29 is 18.7 Å². The SMILES string of the molecule is CC[C@]1(C)[C@H](O)C(F)(F)CN1C(=O)c1cccc(Cl)n1. The van der Waals surface area contributed by atoms with E-state index >= 15 is 0 Å². The molecule has 0 unspecified atom stereocenters. The van der Waals surface area contributed by atoms with E-state index in [9.17, 15) is 18.7 Å². The smallest absolute Gasteiger partial charge is 0.292 e. The Balaban J connectivity index is 2.39. The predicted molar refractivity (Wildman–Crippen MR) is 69.9 cm³/mol. The Labute approximate surface area is 120 Å². The van der Waals surface area contributed by atoms with Crippen LogP contribution in [0, 0.1) is 0 Å². The summed E-state index contributed by atoms with van der Waals surface area (Å²) < 4.78 is 27.5. The molecule has 0 bridgehead atoms. The molecule has 1 N–H and O–H groups in total. The number of aliphatic hydroxyl groups excluding tert-OH is 1. The summed E-state index contributed by atoms with van der Waals surface area (Å²) in [6.45, 7) is 2.27. The average molecular weight is 305 g/mol. The molecule has 1 aromatic heterocycles. The van der Waals surface area contributed by atoms with E-state index in [1.807, 2.05) is 0 Å². The number of amides is 1. The Morgan fingerprint density at radius 3 is 2.80 bits per heavy atom. The summed E-state index contributed by atoms with van der Waals surface area (Å²) in [7, 11) is 0. The maximum absolute atomic E-state index is 13.7. The topological polar surface area (TPSA) is 53.4 Å². The van der Waals surface area contributed by atoms with E-state index in [-0.39, 0.29) is 17.3 Å². The average Bonchev–Trinajstić information content (AvgIpc) is 2.59. The Morgan fingerprint density at radius 1 is 1.60 bits per heavy atom. The zero-order chi connectivity index (χ0) is 15.1. The molecule has 0 aliphatic carbocycles. The van der Waals surface area contributed by atoms with Crippen LogP contribution in [0.2, 0.25) is 5.15 Å². The van der Waals surface area contributed by atoms with Crippen LogP contribution in [0.25, 0.3) is 0 Å². The van der Waals surface area contributed by atoms with Crippen molar-refractivity contribution in [3.8, 4) is 0 Å². The van der Waals surface area contributed by atoms with Gasteiger partial charge in [0.1, 0.15) is 17.0 Å². The van der Waals surface area contributed by atoms with Crippen molar-refractivity contribution in [2.75, 3.05) is 6.54 Å². The zero-order valence-electron chi connectivity index (χ0n) is 11.1. The van der Waals surface area contributed by atoms with Gasteiger partial charge in [-0.05, 0) is 25.5 Å². The summed E-state index contributed by atoms with van der Waals surface area (Å²) in [6.07, 6.45) is -1.70. The van der Waals surface area contributed by atoms with Crippen molar-refractivity contribution in [2.45, 2.75) is 37.8 Å². The van der Waals surface area contributed by atoms with Crippen LogP contribution in [0.1, 0.15) is 30.8 Å². The number of pyridine rings is 1. The van der Waals surface area contributed by atoms with Gasteiger partial charge in [0.25, 0.3) is 11.8 Å². The van der Waals surface area contributed by atoms with Crippen LogP contribution in [0.5, 0.6) is 0 Å². The molecule has 0 saturated carbocycles. The predicted octanol–water partition coefficient (Wildman–Crippen LogP) is 2.36. The number of likely N-dealkylation sites (tertiary alicyclic amines) is 1. The molecule has 0 aromatic carbocycles. The number of carbonyl (C=O) groups excluding carboxylic acids is 1. The number of halogens is 3. The first-order valence-electron chi connectivity index (χ1n) is 6.23. The van der Waals surface area contributed by atoms with Gasteiger partial charge < -0.3 is 10.0 Å². The van der Waals surface area contributed by atoms with Gasteiger partial charge in [-0.2, -0.15) is 0 Å². The zero-order valence-corrected chi connectivity index (χ0v) is 11.9. The third kappa shape index (κ3) is 2.27. The van der Waals surface area contributed by atoms with Crippen molar-refractivity contribution in [3.05, 3.63) is 29.0 Å². The van der Waals surface area contributed by atoms with E-state index in [0.717, 1.165) is 4.90 Å². The first-order chi connectivity index (χ1) is 9.22. The molecule has 1 saturated heterocycles. The summed E-state index contributed by atoms with van der Waals surface area (Å²) in [5.41, 5.74) is -1.34. The number of aliphatic hydroxyl groups is 1. The normalized spacial score (nSPS) is 28.7. The van der Waals surface area contributed by atoms with Gasteiger partial charge in [-0.1, -0.05) is 24.6 Å². The molecule has 1 amide bonds. The van der Waals surface area contributed by atoms with Crippen LogP contribution in [0.4, 0.5) is 8.78 Å². The van der Waals surface area contributed by atoms with Gasteiger partial charge in [0, 0.05) is 0 Å². The van der Waals surface area contributed by atoms with E-state index in [2.05, 4.69) is 4.98 Å². The largest absolute Gasteiger partial charge is 0.384 e. The van der Waals surface area contributed by atoms with Crippen molar-refractivity contribution in [1.29, 1.82) is 0 Å². The molecule has 0 radical (unpaired) electrons. The monoisotopic (exact) mass is 304 g/mol. The maximum Gasteiger partial charge on any atom is 0.292 e. The highest BCUT2D eigenvalue weighted by atomic mass is 35.5. The molecule has 2 atom stereocenters. The molecular weight excluding hydrogens is 290 g/mol. The summed E-state index contributed by atoms with van der Waals surface area (Å²) >= 11 is 5.71. The summed E-state index contributed by atoms with van der Waals surface area (Å²) in [4.78, 5) is 17.2. The Morgan fingerprint density at radius 2 is 2.25 bits per heavy atom. The van der Waals surface area contributed by atoms with E-state index in [0.29, 0.717) is 0 Å². The summed E-state index contributed by atoms with van der Waals surface area (Å²) in [5.74, 6) is -3.99. The molecule has 0 spiro atoms. The molecule has 1 aromatic rings. The maximum atomic E-state index is 13.7. The van der Waals surface area contributed by atoms with Crippen LogP contribution in [-0.2, 0) is 0 Å². The molecular formula is C13H15ClF2N2O2. The second kappa shape index (κ2) is 4.93. The lowest BCUT2D eigenvalue weighted by atomic mass is 9.91. The second-order valence-corrected chi connectivity index (χ2v) is 5.50. The van der Waals surface area contributed by atoms with Gasteiger partial charge in [-0.3, -0.25) is 4.79 Å². The van der Waals surface area contributed by atoms with Crippen LogP contribution in [0.15, 0.2) is 18.2 Å². The number of aromatic nitrogens is 1. The molecule has 2 heterocycles. The quantitative estimate of drug-likeness (QED) is 0.853. The van der Waals surface area contributed by atoms with Gasteiger partial charge in [-0.15, -0.1) is 0 Å². The molecule has 1 aliphatic rings. The number of nitrogens with zero attached hydrogens (tertiary/aromatic N) is 2. The minimum Gasteiger partial charge on any atom is -0.384 e. The van der Waals surface area contributed by atoms with Gasteiger partial charge in [-0.25, -0.2) is 13.8 Å². The van der Waals surface area contributed by atoms with E-state index in [4.69, 9.17) is 11.6 Å². The first kappa shape index (κ1) is 15.1. The van der Waals surface area contributed by atoms with E-state index in [1.165, 1.54) is 25.1 Å². The fraction of sp³-hybridized carbons (Fsp3) is 0.538. The highest BCUT2D eigenvalue weighted by Gasteiger charge is 2.61. The first-order valence-corrected chi connectivity index (χ1v) is 6.60. The lowest BCUT2D eigenvalue weighted by Gasteiger charge is -2.35. The third-order valence-electron chi connectivity index (χ3n) is 3.87.